The molecule has 1 aliphatic carbocycles. The second-order valence-electron chi connectivity index (χ2n) is 5.34. The van der Waals surface area contributed by atoms with Crippen molar-refractivity contribution >= 4 is 38.0 Å². The minimum atomic E-state index is -0.630. The van der Waals surface area contributed by atoms with E-state index in [1.54, 1.807) is 13.8 Å². The van der Waals surface area contributed by atoms with E-state index in [2.05, 4.69) is 37.2 Å². The smallest absolute Gasteiger partial charge is 0.408 e. The molecule has 1 atom stereocenters. The summed E-state index contributed by atoms with van der Waals surface area (Å²) in [6, 6.07) is 0.0572. The first-order valence-corrected chi connectivity index (χ1v) is 8.70. The van der Waals surface area contributed by atoms with E-state index in [-0.39, 0.29) is 6.04 Å². The zero-order chi connectivity index (χ0) is 14.5. The van der Waals surface area contributed by atoms with Crippen LogP contribution in [0.3, 0.4) is 0 Å². The first-order chi connectivity index (χ1) is 8.93. The SMILES string of the molecule is CC(C)(CN)OC(=O)NC1CCCC(CBr)=C1CBr. The summed E-state index contributed by atoms with van der Waals surface area (Å²) in [5.41, 5.74) is 7.55. The summed E-state index contributed by atoms with van der Waals surface area (Å²) in [6.07, 6.45) is 2.74. The molecule has 110 valence electrons. The van der Waals surface area contributed by atoms with Crippen LogP contribution >= 0.6 is 31.9 Å². The molecule has 0 saturated carbocycles. The van der Waals surface area contributed by atoms with Gasteiger partial charge in [0.15, 0.2) is 0 Å². The van der Waals surface area contributed by atoms with Crippen molar-refractivity contribution in [1.82, 2.24) is 5.32 Å². The largest absolute Gasteiger partial charge is 0.442 e. The molecule has 1 amide bonds. The Kier molecular flexibility index (Phi) is 6.83. The average Bonchev–Trinajstić information content (AvgIpc) is 2.37. The third kappa shape index (κ3) is 5.08. The van der Waals surface area contributed by atoms with Gasteiger partial charge in [0, 0.05) is 17.2 Å². The number of allylic oxidation sites excluding steroid dienone is 1. The number of ether oxygens (including phenoxy) is 1. The Balaban J connectivity index is 2.68. The maximum absolute atomic E-state index is 11.9. The van der Waals surface area contributed by atoms with Crippen LogP contribution in [0, 0.1) is 0 Å². The lowest BCUT2D eigenvalue weighted by Gasteiger charge is -2.30. The number of alkyl carbamates (subject to hydrolysis) is 1. The maximum Gasteiger partial charge on any atom is 0.408 e. The van der Waals surface area contributed by atoms with Crippen LogP contribution in [0.2, 0.25) is 0 Å². The summed E-state index contributed by atoms with van der Waals surface area (Å²) in [5, 5.41) is 4.58. The molecule has 0 aromatic rings. The van der Waals surface area contributed by atoms with Crippen molar-refractivity contribution in [2.45, 2.75) is 44.8 Å². The summed E-state index contributed by atoms with van der Waals surface area (Å²) < 4.78 is 5.33. The molecular formula is C13H22Br2N2O2. The monoisotopic (exact) mass is 396 g/mol. The van der Waals surface area contributed by atoms with Gasteiger partial charge in [0.05, 0.1) is 6.04 Å². The van der Waals surface area contributed by atoms with Gasteiger partial charge >= 0.3 is 6.09 Å². The van der Waals surface area contributed by atoms with Crippen molar-refractivity contribution in [2.24, 2.45) is 5.73 Å². The fourth-order valence-electron chi connectivity index (χ4n) is 2.06. The fraction of sp³-hybridized carbons (Fsp3) is 0.769. The number of hydrogen-bond donors (Lipinski definition) is 2. The molecule has 0 radical (unpaired) electrons. The molecule has 0 bridgehead atoms. The minimum Gasteiger partial charge on any atom is -0.442 e. The lowest BCUT2D eigenvalue weighted by Crippen LogP contribution is -2.45. The summed E-state index contributed by atoms with van der Waals surface area (Å²) in [5.74, 6) is 0. The van der Waals surface area contributed by atoms with Gasteiger partial charge in [-0.15, -0.1) is 0 Å². The number of rotatable bonds is 5. The van der Waals surface area contributed by atoms with Crippen LogP contribution in [0.1, 0.15) is 33.1 Å². The summed E-state index contributed by atoms with van der Waals surface area (Å²) >= 11 is 7.01. The molecule has 0 fully saturated rings. The molecule has 0 saturated heterocycles. The Bertz CT molecular complexity index is 357. The number of nitrogens with one attached hydrogen (secondary N) is 1. The number of amides is 1. The molecule has 1 rings (SSSR count). The molecular weight excluding hydrogens is 376 g/mol. The van der Waals surface area contributed by atoms with Gasteiger partial charge < -0.3 is 15.8 Å². The van der Waals surface area contributed by atoms with Crippen molar-refractivity contribution in [1.29, 1.82) is 0 Å². The van der Waals surface area contributed by atoms with E-state index in [1.165, 1.54) is 11.1 Å². The van der Waals surface area contributed by atoms with Crippen LogP contribution < -0.4 is 11.1 Å². The second kappa shape index (κ2) is 7.64. The van der Waals surface area contributed by atoms with Crippen LogP contribution in [0.15, 0.2) is 11.1 Å². The lowest BCUT2D eigenvalue weighted by molar-refractivity contribution is 0.0436. The Hall–Kier alpha value is -0.0700. The second-order valence-corrected chi connectivity index (χ2v) is 6.46. The van der Waals surface area contributed by atoms with E-state index in [0.717, 1.165) is 29.9 Å². The molecule has 0 spiro atoms. The molecule has 0 aromatic carbocycles. The Labute approximate surface area is 131 Å². The van der Waals surface area contributed by atoms with Crippen LogP contribution in [0.25, 0.3) is 0 Å². The van der Waals surface area contributed by atoms with E-state index >= 15 is 0 Å². The zero-order valence-corrected chi connectivity index (χ0v) is 14.6. The van der Waals surface area contributed by atoms with Crippen molar-refractivity contribution in [3.05, 3.63) is 11.1 Å². The van der Waals surface area contributed by atoms with Crippen molar-refractivity contribution in [2.75, 3.05) is 17.2 Å². The van der Waals surface area contributed by atoms with Crippen molar-refractivity contribution in [3.63, 3.8) is 0 Å². The molecule has 3 N–H and O–H groups in total. The number of nitrogens with two attached hydrogens (primary N) is 1. The summed E-state index contributed by atoms with van der Waals surface area (Å²) in [6.45, 7) is 3.91. The fourth-order valence-corrected chi connectivity index (χ4v) is 3.49. The van der Waals surface area contributed by atoms with E-state index in [1.807, 2.05) is 0 Å². The molecule has 4 nitrogen and oxygen atoms in total. The Morgan fingerprint density at radius 3 is 2.68 bits per heavy atom. The summed E-state index contributed by atoms with van der Waals surface area (Å²) in [4.78, 5) is 11.9. The molecule has 0 aliphatic heterocycles. The topological polar surface area (TPSA) is 64.3 Å². The van der Waals surface area contributed by atoms with Crippen molar-refractivity contribution in [3.8, 4) is 0 Å². The van der Waals surface area contributed by atoms with Crippen LogP contribution in [-0.4, -0.2) is 34.9 Å². The van der Waals surface area contributed by atoms with E-state index in [9.17, 15) is 4.79 Å². The Morgan fingerprint density at radius 1 is 1.47 bits per heavy atom. The molecule has 1 aliphatic rings. The number of halogens is 2. The van der Waals surface area contributed by atoms with E-state index < -0.39 is 11.7 Å². The van der Waals surface area contributed by atoms with Gasteiger partial charge in [0.2, 0.25) is 0 Å². The summed E-state index contributed by atoms with van der Waals surface area (Å²) in [7, 11) is 0. The van der Waals surface area contributed by atoms with Gasteiger partial charge in [-0.3, -0.25) is 0 Å². The molecule has 1 unspecified atom stereocenters. The maximum atomic E-state index is 11.9. The van der Waals surface area contributed by atoms with Crippen molar-refractivity contribution < 1.29 is 9.53 Å². The highest BCUT2D eigenvalue weighted by Crippen LogP contribution is 2.28. The number of hydrogen-bond acceptors (Lipinski definition) is 3. The Morgan fingerprint density at radius 2 is 2.16 bits per heavy atom. The van der Waals surface area contributed by atoms with Crippen LogP contribution in [-0.2, 0) is 4.74 Å². The first-order valence-electron chi connectivity index (χ1n) is 6.45. The lowest BCUT2D eigenvalue weighted by atomic mass is 9.89. The van der Waals surface area contributed by atoms with Crippen LogP contribution in [0.4, 0.5) is 4.79 Å². The van der Waals surface area contributed by atoms with Gasteiger partial charge in [-0.1, -0.05) is 37.4 Å². The van der Waals surface area contributed by atoms with Gasteiger partial charge in [0.25, 0.3) is 0 Å². The zero-order valence-electron chi connectivity index (χ0n) is 11.5. The number of carbonyl (C=O) groups is 1. The van der Waals surface area contributed by atoms with Gasteiger partial charge in [-0.25, -0.2) is 4.79 Å². The standard InChI is InChI=1S/C13H22Br2N2O2/c1-13(2,8-16)19-12(18)17-11-5-3-4-9(6-14)10(11)7-15/h11H,3-8,16H2,1-2H3,(H,17,18). The van der Waals surface area contributed by atoms with Crippen LogP contribution in [0.5, 0.6) is 0 Å². The van der Waals surface area contributed by atoms with E-state index in [0.29, 0.717) is 6.54 Å². The molecule has 0 heterocycles. The number of alkyl halides is 2. The normalized spacial score (nSPS) is 20.4. The van der Waals surface area contributed by atoms with Gasteiger partial charge in [0.1, 0.15) is 5.60 Å². The number of carbonyl (C=O) groups excluding carboxylic acids is 1. The van der Waals surface area contributed by atoms with Gasteiger partial charge in [-0.2, -0.15) is 0 Å². The third-order valence-electron chi connectivity index (χ3n) is 3.30. The molecule has 19 heavy (non-hydrogen) atoms. The highest BCUT2D eigenvalue weighted by molar-refractivity contribution is 9.09. The minimum absolute atomic E-state index is 0.0572. The van der Waals surface area contributed by atoms with Gasteiger partial charge in [-0.05, 0) is 38.7 Å². The molecule has 0 aromatic heterocycles. The third-order valence-corrected chi connectivity index (χ3v) is 4.59. The van der Waals surface area contributed by atoms with E-state index in [4.69, 9.17) is 10.5 Å². The molecule has 6 heteroatoms. The highest BCUT2D eigenvalue weighted by atomic mass is 79.9. The average molecular weight is 398 g/mol. The predicted molar refractivity (Wildman–Crippen MR) is 85.0 cm³/mol. The first kappa shape index (κ1) is 17.0. The predicted octanol–water partition coefficient (Wildman–Crippen LogP) is 3.09. The quantitative estimate of drug-likeness (QED) is 0.553. The highest BCUT2D eigenvalue weighted by Gasteiger charge is 2.26.